The Morgan fingerprint density at radius 1 is 1.18 bits per heavy atom. The Labute approximate surface area is 136 Å². The molecule has 0 aromatic carbocycles. The highest BCUT2D eigenvalue weighted by Gasteiger charge is 2.66. The molecule has 22 heavy (non-hydrogen) atoms. The van der Waals surface area contributed by atoms with E-state index in [0.29, 0.717) is 29.6 Å². The van der Waals surface area contributed by atoms with Crippen molar-refractivity contribution in [3.8, 4) is 0 Å². The first-order valence-corrected chi connectivity index (χ1v) is 9.31. The smallest absolute Gasteiger partial charge is 0.0938 e. The van der Waals surface area contributed by atoms with Crippen molar-refractivity contribution in [1.29, 1.82) is 0 Å². The second kappa shape index (κ2) is 5.34. The molecular weight excluding hydrogens is 272 g/mol. The molecule has 0 radical (unpaired) electrons. The van der Waals surface area contributed by atoms with Gasteiger partial charge in [0.15, 0.2) is 0 Å². The number of hydrogen-bond acceptors (Lipinski definition) is 2. The molecular formula is C20H34O2. The van der Waals surface area contributed by atoms with Crippen molar-refractivity contribution in [2.75, 3.05) is 0 Å². The largest absolute Gasteiger partial charge is 0.390 e. The third-order valence-electron chi connectivity index (χ3n) is 7.88. The van der Waals surface area contributed by atoms with Crippen LogP contribution in [-0.4, -0.2) is 21.9 Å². The van der Waals surface area contributed by atoms with E-state index in [9.17, 15) is 10.2 Å². The molecule has 0 aromatic heterocycles. The van der Waals surface area contributed by atoms with Gasteiger partial charge in [-0.3, -0.25) is 0 Å². The topological polar surface area (TPSA) is 40.5 Å². The van der Waals surface area contributed by atoms with Gasteiger partial charge in [-0.25, -0.2) is 0 Å². The number of aliphatic hydroxyl groups excluding tert-OH is 1. The molecule has 3 aliphatic rings. The van der Waals surface area contributed by atoms with Crippen molar-refractivity contribution in [2.45, 2.75) is 77.9 Å². The zero-order valence-electron chi connectivity index (χ0n) is 14.8. The Kier molecular flexibility index (Phi) is 4.01. The van der Waals surface area contributed by atoms with E-state index in [-0.39, 0.29) is 5.41 Å². The number of aliphatic hydroxyl groups is 2. The number of fused-ring (bicyclic) bond motifs is 2. The molecule has 3 saturated carbocycles. The molecule has 7 atom stereocenters. The third-order valence-corrected chi connectivity index (χ3v) is 7.88. The molecule has 2 heteroatoms. The lowest BCUT2D eigenvalue weighted by Crippen LogP contribution is -2.63. The molecule has 126 valence electrons. The summed E-state index contributed by atoms with van der Waals surface area (Å²) in [6, 6.07) is 0. The first kappa shape index (κ1) is 16.5. The molecule has 0 aliphatic heterocycles. The first-order valence-electron chi connectivity index (χ1n) is 9.31. The van der Waals surface area contributed by atoms with Gasteiger partial charge in [-0.15, -0.1) is 0 Å². The summed E-state index contributed by atoms with van der Waals surface area (Å²) in [6.07, 6.45) is 5.76. The van der Waals surface area contributed by atoms with Crippen LogP contribution in [0.15, 0.2) is 12.2 Å². The lowest BCUT2D eigenvalue weighted by Gasteiger charge is -2.59. The van der Waals surface area contributed by atoms with E-state index in [2.05, 4.69) is 27.4 Å². The Balaban J connectivity index is 2.09. The van der Waals surface area contributed by atoms with Gasteiger partial charge >= 0.3 is 0 Å². The molecule has 2 N–H and O–H groups in total. The first-order chi connectivity index (χ1) is 10.2. The van der Waals surface area contributed by atoms with Crippen molar-refractivity contribution >= 4 is 0 Å². The molecule has 0 amide bonds. The van der Waals surface area contributed by atoms with Crippen molar-refractivity contribution < 1.29 is 10.2 Å². The van der Waals surface area contributed by atoms with Crippen LogP contribution in [0.2, 0.25) is 0 Å². The highest BCUT2D eigenvalue weighted by molar-refractivity contribution is 5.22. The minimum Gasteiger partial charge on any atom is -0.390 e. The fraction of sp³-hybridized carbons (Fsp3) is 0.900. The Hall–Kier alpha value is -0.340. The minimum absolute atomic E-state index is 0.131. The van der Waals surface area contributed by atoms with Crippen LogP contribution >= 0.6 is 0 Å². The predicted octanol–water partition coefficient (Wildman–Crippen LogP) is 4.16. The fourth-order valence-electron chi connectivity index (χ4n) is 6.62. The van der Waals surface area contributed by atoms with Gasteiger partial charge in [-0.05, 0) is 75.0 Å². The lowest BCUT2D eigenvalue weighted by atomic mass is 9.48. The summed E-state index contributed by atoms with van der Waals surface area (Å²) in [5, 5.41) is 22.0. The molecule has 0 aromatic rings. The van der Waals surface area contributed by atoms with Crippen molar-refractivity contribution in [3.05, 3.63) is 12.2 Å². The quantitative estimate of drug-likeness (QED) is 0.714. The molecule has 0 bridgehead atoms. The van der Waals surface area contributed by atoms with Crippen molar-refractivity contribution in [3.63, 3.8) is 0 Å². The third kappa shape index (κ3) is 1.99. The van der Waals surface area contributed by atoms with E-state index in [1.165, 1.54) is 12.0 Å². The summed E-state index contributed by atoms with van der Waals surface area (Å²) in [6.45, 7) is 13.3. The van der Waals surface area contributed by atoms with Gasteiger partial charge in [0.1, 0.15) is 0 Å². The van der Waals surface area contributed by atoms with Crippen LogP contribution in [0, 0.1) is 35.0 Å². The lowest BCUT2D eigenvalue weighted by molar-refractivity contribution is -0.221. The number of allylic oxidation sites excluding steroid dienone is 1. The second-order valence-electron chi connectivity index (χ2n) is 8.96. The van der Waals surface area contributed by atoms with Crippen LogP contribution in [-0.2, 0) is 0 Å². The van der Waals surface area contributed by atoms with Gasteiger partial charge in [0.25, 0.3) is 0 Å². The minimum atomic E-state index is -0.963. The maximum atomic E-state index is 11.4. The highest BCUT2D eigenvalue weighted by Crippen LogP contribution is 2.67. The summed E-state index contributed by atoms with van der Waals surface area (Å²) in [5.41, 5.74) is 0.310. The van der Waals surface area contributed by atoms with Crippen LogP contribution in [0.4, 0.5) is 0 Å². The molecule has 3 aliphatic carbocycles. The molecule has 3 unspecified atom stereocenters. The van der Waals surface area contributed by atoms with Gasteiger partial charge < -0.3 is 10.2 Å². The normalized spacial score (nSPS) is 52.3. The van der Waals surface area contributed by atoms with Gasteiger partial charge in [-0.1, -0.05) is 32.9 Å². The zero-order valence-corrected chi connectivity index (χ0v) is 14.8. The zero-order chi connectivity index (χ0) is 16.3. The Morgan fingerprint density at radius 2 is 1.86 bits per heavy atom. The number of rotatable bonds is 1. The summed E-state index contributed by atoms with van der Waals surface area (Å²) >= 11 is 0. The molecule has 1 spiro atoms. The van der Waals surface area contributed by atoms with Crippen LogP contribution in [0.25, 0.3) is 0 Å². The van der Waals surface area contributed by atoms with Crippen molar-refractivity contribution in [1.82, 2.24) is 0 Å². The van der Waals surface area contributed by atoms with E-state index >= 15 is 0 Å². The monoisotopic (exact) mass is 306 g/mol. The average Bonchev–Trinajstić information content (AvgIpc) is 2.85. The van der Waals surface area contributed by atoms with E-state index in [0.717, 1.165) is 32.1 Å². The Morgan fingerprint density at radius 3 is 2.50 bits per heavy atom. The van der Waals surface area contributed by atoms with E-state index in [4.69, 9.17) is 0 Å². The second-order valence-corrected chi connectivity index (χ2v) is 8.96. The van der Waals surface area contributed by atoms with E-state index in [1.54, 1.807) is 0 Å². The summed E-state index contributed by atoms with van der Waals surface area (Å²) in [4.78, 5) is 0. The van der Waals surface area contributed by atoms with E-state index < -0.39 is 11.7 Å². The maximum Gasteiger partial charge on any atom is 0.0938 e. The van der Waals surface area contributed by atoms with Gasteiger partial charge in [0.05, 0.1) is 11.7 Å². The van der Waals surface area contributed by atoms with Crippen LogP contribution < -0.4 is 0 Å². The summed E-state index contributed by atoms with van der Waals surface area (Å²) in [7, 11) is 0. The van der Waals surface area contributed by atoms with Crippen molar-refractivity contribution in [2.24, 2.45) is 35.0 Å². The molecule has 3 fully saturated rings. The fourth-order valence-corrected chi connectivity index (χ4v) is 6.62. The Bertz CT molecular complexity index is 453. The van der Waals surface area contributed by atoms with Gasteiger partial charge in [0.2, 0.25) is 0 Å². The molecule has 3 rings (SSSR count). The predicted molar refractivity (Wildman–Crippen MR) is 90.4 cm³/mol. The van der Waals surface area contributed by atoms with Gasteiger partial charge in [-0.2, -0.15) is 0 Å². The van der Waals surface area contributed by atoms with Crippen LogP contribution in [0.3, 0.4) is 0 Å². The standard InChI is InChI=1S/C20H34O2/c1-12(2)15-8-6-13(3)16-10-11-20(18(15)16)14(4)7-9-17(21)19(20,5)22/h12,14-18,21-22H,3,6-11H2,1-2,4-5H3/t14?,15?,16-,17?,18-,19+,20-/m1/s1. The SMILES string of the molecule is C=C1CCC(C(C)C)[C@@H]2[C@@H]1CC[C@@]21C(C)CCC(O)[C@]1(C)O. The molecule has 0 heterocycles. The maximum absolute atomic E-state index is 11.4. The summed E-state index contributed by atoms with van der Waals surface area (Å²) < 4.78 is 0. The average molecular weight is 306 g/mol. The van der Waals surface area contributed by atoms with Crippen LogP contribution in [0.1, 0.15) is 66.2 Å². The molecule has 0 saturated heterocycles. The van der Waals surface area contributed by atoms with E-state index in [1.807, 2.05) is 6.92 Å². The van der Waals surface area contributed by atoms with Gasteiger partial charge in [0, 0.05) is 5.41 Å². The highest BCUT2D eigenvalue weighted by atomic mass is 16.3. The van der Waals surface area contributed by atoms with Crippen LogP contribution in [0.5, 0.6) is 0 Å². The summed E-state index contributed by atoms with van der Waals surface area (Å²) in [5.74, 6) is 2.82. The number of hydrogen-bond donors (Lipinski definition) is 2. The molecule has 2 nitrogen and oxygen atoms in total.